The van der Waals surface area contributed by atoms with Crippen molar-refractivity contribution in [1.29, 1.82) is 0 Å². The molecule has 0 saturated carbocycles. The first kappa shape index (κ1) is 14.9. The second-order valence-electron chi connectivity index (χ2n) is 4.53. The number of hydrogen-bond acceptors (Lipinski definition) is 5. The zero-order chi connectivity index (χ0) is 14.7. The summed E-state index contributed by atoms with van der Waals surface area (Å²) in [7, 11) is 1.35. The average Bonchev–Trinajstić information content (AvgIpc) is 2.95. The van der Waals surface area contributed by atoms with Crippen LogP contribution >= 0.6 is 15.9 Å². The summed E-state index contributed by atoms with van der Waals surface area (Å²) in [4.78, 5) is 28.8. The highest BCUT2D eigenvalue weighted by molar-refractivity contribution is 9.09. The van der Waals surface area contributed by atoms with E-state index in [9.17, 15) is 14.0 Å². The van der Waals surface area contributed by atoms with Crippen LogP contribution in [-0.4, -0.2) is 42.3 Å². The summed E-state index contributed by atoms with van der Waals surface area (Å²) in [6.45, 7) is 1.06. The highest BCUT2D eigenvalue weighted by Gasteiger charge is 2.30. The molecule has 0 aliphatic carbocycles. The molecule has 1 aliphatic rings. The fourth-order valence-electron chi connectivity index (χ4n) is 2.20. The van der Waals surface area contributed by atoms with Crippen molar-refractivity contribution in [3.63, 3.8) is 0 Å². The zero-order valence-corrected chi connectivity index (χ0v) is 12.5. The van der Waals surface area contributed by atoms with Gasteiger partial charge in [-0.2, -0.15) is 0 Å². The van der Waals surface area contributed by atoms with Gasteiger partial charge in [-0.05, 0) is 6.42 Å². The monoisotopic (exact) mass is 344 g/mol. The summed E-state index contributed by atoms with van der Waals surface area (Å²) < 4.78 is 18.6. The summed E-state index contributed by atoms with van der Waals surface area (Å²) >= 11 is 3.00. The molecule has 0 aromatic carbocycles. The third kappa shape index (κ3) is 2.98. The van der Waals surface area contributed by atoms with Gasteiger partial charge in [0, 0.05) is 25.4 Å². The summed E-state index contributed by atoms with van der Waals surface area (Å²) in [5, 5.41) is 0.0546. The molecule has 0 radical (unpaired) electrons. The lowest BCUT2D eigenvalue weighted by Crippen LogP contribution is -2.24. The maximum Gasteiger partial charge on any atom is 0.310 e. The molecular weight excluding hydrogens is 331 g/mol. The molecule has 108 valence electrons. The molecule has 1 aliphatic heterocycles. The number of rotatable bonds is 4. The van der Waals surface area contributed by atoms with Crippen molar-refractivity contribution in [3.05, 3.63) is 23.6 Å². The molecular formula is C13H14BrFN2O3. The normalized spacial score (nSPS) is 18.1. The Morgan fingerprint density at radius 3 is 2.95 bits per heavy atom. The molecule has 0 unspecified atom stereocenters. The molecule has 0 amide bonds. The van der Waals surface area contributed by atoms with E-state index in [1.807, 2.05) is 4.90 Å². The van der Waals surface area contributed by atoms with Gasteiger partial charge >= 0.3 is 5.97 Å². The number of alkyl halides is 1. The van der Waals surface area contributed by atoms with Gasteiger partial charge in [0.25, 0.3) is 0 Å². The van der Waals surface area contributed by atoms with Crippen molar-refractivity contribution in [2.45, 2.75) is 6.42 Å². The van der Waals surface area contributed by atoms with E-state index in [1.54, 1.807) is 0 Å². The number of carbonyl (C=O) groups excluding carboxylic acids is 2. The highest BCUT2D eigenvalue weighted by atomic mass is 79.9. The first-order valence-corrected chi connectivity index (χ1v) is 7.26. The van der Waals surface area contributed by atoms with Crippen LogP contribution in [0.4, 0.5) is 10.2 Å². The lowest BCUT2D eigenvalue weighted by Gasteiger charge is -2.17. The van der Waals surface area contributed by atoms with Crippen LogP contribution in [0.15, 0.2) is 12.3 Å². The number of halogens is 2. The number of esters is 1. The van der Waals surface area contributed by atoms with Crippen LogP contribution < -0.4 is 4.90 Å². The number of pyridine rings is 1. The molecule has 1 aromatic heterocycles. The van der Waals surface area contributed by atoms with Crippen LogP contribution in [-0.2, 0) is 9.53 Å². The van der Waals surface area contributed by atoms with E-state index in [-0.39, 0.29) is 28.6 Å². The van der Waals surface area contributed by atoms with Gasteiger partial charge in [-0.1, -0.05) is 15.9 Å². The SMILES string of the molecule is COC(=O)[C@H]1CCN(c2cc(F)c(C(=O)CBr)cn2)C1. The van der Waals surface area contributed by atoms with Gasteiger partial charge in [0.2, 0.25) is 0 Å². The van der Waals surface area contributed by atoms with E-state index < -0.39 is 5.82 Å². The van der Waals surface area contributed by atoms with E-state index in [4.69, 9.17) is 4.74 Å². The number of Topliss-reactive ketones (excluding diaryl/α,β-unsaturated/α-hetero) is 1. The smallest absolute Gasteiger partial charge is 0.310 e. The van der Waals surface area contributed by atoms with E-state index in [2.05, 4.69) is 20.9 Å². The number of anilines is 1. The Labute approximate surface area is 124 Å². The van der Waals surface area contributed by atoms with Crippen molar-refractivity contribution >= 4 is 33.5 Å². The maximum absolute atomic E-state index is 13.9. The minimum absolute atomic E-state index is 0.0330. The fraction of sp³-hybridized carbons (Fsp3) is 0.462. The molecule has 0 spiro atoms. The molecule has 2 rings (SSSR count). The van der Waals surface area contributed by atoms with Crippen molar-refractivity contribution in [3.8, 4) is 0 Å². The van der Waals surface area contributed by atoms with Crippen LogP contribution in [0.25, 0.3) is 0 Å². The maximum atomic E-state index is 13.9. The van der Waals surface area contributed by atoms with Gasteiger partial charge in [-0.3, -0.25) is 9.59 Å². The predicted molar refractivity (Wildman–Crippen MR) is 74.7 cm³/mol. The lowest BCUT2D eigenvalue weighted by molar-refractivity contribution is -0.144. The van der Waals surface area contributed by atoms with E-state index >= 15 is 0 Å². The largest absolute Gasteiger partial charge is 0.469 e. The summed E-state index contributed by atoms with van der Waals surface area (Å²) in [5.41, 5.74) is -0.0330. The Bertz CT molecular complexity index is 538. The molecule has 0 bridgehead atoms. The topological polar surface area (TPSA) is 59.5 Å². The van der Waals surface area contributed by atoms with E-state index in [0.717, 1.165) is 0 Å². The number of nitrogens with zero attached hydrogens (tertiary/aromatic N) is 2. The molecule has 1 saturated heterocycles. The van der Waals surface area contributed by atoms with Crippen molar-refractivity contribution < 1.29 is 18.7 Å². The van der Waals surface area contributed by atoms with Crippen LogP contribution in [0.1, 0.15) is 16.8 Å². The van der Waals surface area contributed by atoms with Gasteiger partial charge in [-0.15, -0.1) is 0 Å². The number of methoxy groups -OCH3 is 1. The van der Waals surface area contributed by atoms with Gasteiger partial charge in [0.05, 0.1) is 23.9 Å². The van der Waals surface area contributed by atoms with Crippen molar-refractivity contribution in [2.24, 2.45) is 5.92 Å². The van der Waals surface area contributed by atoms with Crippen LogP contribution in [0, 0.1) is 11.7 Å². The number of ether oxygens (including phenoxy) is 1. The Kier molecular flexibility index (Phi) is 4.69. The number of carbonyl (C=O) groups is 2. The standard InChI is InChI=1S/C13H14BrFN2O3/c1-20-13(19)8-2-3-17(7-8)12-4-10(15)9(6-16-12)11(18)5-14/h4,6,8H,2-3,5,7H2,1H3/t8-/m0/s1. The quantitative estimate of drug-likeness (QED) is 0.473. The minimum atomic E-state index is -0.596. The predicted octanol–water partition coefficient (Wildman–Crippen LogP) is 1.80. The van der Waals surface area contributed by atoms with Crippen LogP contribution in [0.5, 0.6) is 0 Å². The van der Waals surface area contributed by atoms with Gasteiger partial charge < -0.3 is 9.64 Å². The Morgan fingerprint density at radius 2 is 2.35 bits per heavy atom. The second kappa shape index (κ2) is 6.30. The Balaban J connectivity index is 2.13. The summed E-state index contributed by atoms with van der Waals surface area (Å²) in [6.07, 6.45) is 1.89. The first-order valence-electron chi connectivity index (χ1n) is 6.14. The van der Waals surface area contributed by atoms with E-state index in [1.165, 1.54) is 19.4 Å². The highest BCUT2D eigenvalue weighted by Crippen LogP contribution is 2.24. The van der Waals surface area contributed by atoms with Crippen molar-refractivity contribution in [1.82, 2.24) is 4.98 Å². The van der Waals surface area contributed by atoms with Crippen molar-refractivity contribution in [2.75, 3.05) is 30.4 Å². The average molecular weight is 345 g/mol. The summed E-state index contributed by atoms with van der Waals surface area (Å²) in [5.74, 6) is -0.996. The zero-order valence-electron chi connectivity index (χ0n) is 10.9. The molecule has 7 heteroatoms. The third-order valence-electron chi connectivity index (χ3n) is 3.31. The first-order chi connectivity index (χ1) is 9.56. The second-order valence-corrected chi connectivity index (χ2v) is 5.09. The minimum Gasteiger partial charge on any atom is -0.469 e. The number of aromatic nitrogens is 1. The summed E-state index contributed by atoms with van der Waals surface area (Å²) in [6, 6.07) is 1.23. The lowest BCUT2D eigenvalue weighted by atomic mass is 10.1. The van der Waals surface area contributed by atoms with Gasteiger partial charge in [-0.25, -0.2) is 9.37 Å². The molecule has 1 fully saturated rings. The molecule has 1 atom stereocenters. The Morgan fingerprint density at radius 1 is 1.60 bits per heavy atom. The molecule has 5 nitrogen and oxygen atoms in total. The molecule has 0 N–H and O–H groups in total. The van der Waals surface area contributed by atoms with E-state index in [0.29, 0.717) is 25.3 Å². The molecule has 20 heavy (non-hydrogen) atoms. The van der Waals surface area contributed by atoms with Gasteiger partial charge in [0.1, 0.15) is 11.6 Å². The Hall–Kier alpha value is -1.50. The van der Waals surface area contributed by atoms with Crippen LogP contribution in [0.3, 0.4) is 0 Å². The fourth-order valence-corrected chi connectivity index (χ4v) is 2.50. The molecule has 2 heterocycles. The third-order valence-corrected chi connectivity index (χ3v) is 3.82. The number of ketones is 1. The van der Waals surface area contributed by atoms with Gasteiger partial charge in [0.15, 0.2) is 5.78 Å². The number of hydrogen-bond donors (Lipinski definition) is 0. The molecule has 1 aromatic rings. The van der Waals surface area contributed by atoms with Crippen LogP contribution in [0.2, 0.25) is 0 Å².